The molecule has 0 aliphatic carbocycles. The van der Waals surface area contributed by atoms with E-state index in [0.29, 0.717) is 9.75 Å². The lowest BCUT2D eigenvalue weighted by Crippen LogP contribution is -1.96. The van der Waals surface area contributed by atoms with Gasteiger partial charge in [0.2, 0.25) is 0 Å². The summed E-state index contributed by atoms with van der Waals surface area (Å²) in [5.74, 6) is 3.83. The van der Waals surface area contributed by atoms with Crippen molar-refractivity contribution in [3.63, 3.8) is 0 Å². The summed E-state index contributed by atoms with van der Waals surface area (Å²) in [7, 11) is 2.56. The Morgan fingerprint density at radius 2 is 2.00 bits per heavy atom. The zero-order chi connectivity index (χ0) is 11.3. The molecule has 0 saturated carbocycles. The standard InChI is InChI=1S/C10H8O4S/c1-13-9(11)6-4-7-3-5-8(15-7)10(12)14-2/h3,5H,1-2H3. The van der Waals surface area contributed by atoms with Crippen LogP contribution in [0.5, 0.6) is 0 Å². The molecule has 0 aromatic carbocycles. The van der Waals surface area contributed by atoms with E-state index in [1.165, 1.54) is 14.2 Å². The maximum absolute atomic E-state index is 11.1. The normalized spacial score (nSPS) is 8.67. The van der Waals surface area contributed by atoms with E-state index in [1.807, 2.05) is 0 Å². The summed E-state index contributed by atoms with van der Waals surface area (Å²) >= 11 is 1.16. The second-order valence-corrected chi connectivity index (χ2v) is 3.48. The Kier molecular flexibility index (Phi) is 3.89. The third-order valence-corrected chi connectivity index (χ3v) is 2.45. The maximum Gasteiger partial charge on any atom is 0.384 e. The van der Waals surface area contributed by atoms with Crippen LogP contribution in [0.1, 0.15) is 14.5 Å². The van der Waals surface area contributed by atoms with Crippen LogP contribution in [0.3, 0.4) is 0 Å². The Morgan fingerprint density at radius 1 is 1.27 bits per heavy atom. The highest BCUT2D eigenvalue weighted by Crippen LogP contribution is 2.15. The minimum absolute atomic E-state index is 0.411. The van der Waals surface area contributed by atoms with Crippen LogP contribution in [0.2, 0.25) is 0 Å². The van der Waals surface area contributed by atoms with E-state index < -0.39 is 11.9 Å². The van der Waals surface area contributed by atoms with Gasteiger partial charge in [0.15, 0.2) is 0 Å². The fraction of sp³-hybridized carbons (Fsp3) is 0.200. The third kappa shape index (κ3) is 3.11. The van der Waals surface area contributed by atoms with Gasteiger partial charge < -0.3 is 9.47 Å². The summed E-state index contributed by atoms with van der Waals surface area (Å²) in [4.78, 5) is 22.8. The lowest BCUT2D eigenvalue weighted by Gasteiger charge is -1.90. The number of ether oxygens (including phenoxy) is 2. The fourth-order valence-electron chi connectivity index (χ4n) is 0.779. The molecular formula is C10H8O4S. The van der Waals surface area contributed by atoms with Crippen LogP contribution in [-0.2, 0) is 14.3 Å². The van der Waals surface area contributed by atoms with Crippen molar-refractivity contribution in [1.82, 2.24) is 0 Å². The monoisotopic (exact) mass is 224 g/mol. The molecule has 1 aromatic heterocycles. The van der Waals surface area contributed by atoms with E-state index in [0.717, 1.165) is 11.3 Å². The van der Waals surface area contributed by atoms with Gasteiger partial charge in [-0.2, -0.15) is 0 Å². The van der Waals surface area contributed by atoms with Gasteiger partial charge in [0.25, 0.3) is 0 Å². The molecule has 0 bridgehead atoms. The molecule has 0 aliphatic heterocycles. The molecule has 0 fully saturated rings. The van der Waals surface area contributed by atoms with Crippen LogP contribution in [0.15, 0.2) is 12.1 Å². The van der Waals surface area contributed by atoms with Gasteiger partial charge in [-0.25, -0.2) is 9.59 Å². The number of esters is 2. The first-order valence-electron chi connectivity index (χ1n) is 3.95. The van der Waals surface area contributed by atoms with E-state index >= 15 is 0 Å². The molecule has 0 unspecified atom stereocenters. The van der Waals surface area contributed by atoms with Gasteiger partial charge in [0.1, 0.15) is 4.88 Å². The predicted octanol–water partition coefficient (Wildman–Crippen LogP) is 1.06. The van der Waals surface area contributed by atoms with Gasteiger partial charge in [-0.05, 0) is 18.1 Å². The van der Waals surface area contributed by atoms with Crippen molar-refractivity contribution in [1.29, 1.82) is 0 Å². The van der Waals surface area contributed by atoms with E-state index in [-0.39, 0.29) is 0 Å². The van der Waals surface area contributed by atoms with Crippen LogP contribution in [-0.4, -0.2) is 26.2 Å². The van der Waals surface area contributed by atoms with E-state index in [4.69, 9.17) is 0 Å². The lowest BCUT2D eigenvalue weighted by atomic mass is 10.4. The zero-order valence-corrected chi connectivity index (χ0v) is 9.01. The average molecular weight is 224 g/mol. The summed E-state index contributed by atoms with van der Waals surface area (Å²) in [6.45, 7) is 0. The molecular weight excluding hydrogens is 216 g/mol. The molecule has 1 rings (SSSR count). The first kappa shape index (κ1) is 11.3. The maximum atomic E-state index is 11.1. The number of rotatable bonds is 1. The number of carbonyl (C=O) groups excluding carboxylic acids is 2. The molecule has 0 spiro atoms. The van der Waals surface area contributed by atoms with Crippen LogP contribution in [0, 0.1) is 11.8 Å². The first-order valence-corrected chi connectivity index (χ1v) is 4.77. The first-order chi connectivity index (χ1) is 7.17. The average Bonchev–Trinajstić information content (AvgIpc) is 2.73. The van der Waals surface area contributed by atoms with Crippen LogP contribution < -0.4 is 0 Å². The van der Waals surface area contributed by atoms with Gasteiger partial charge in [-0.3, -0.25) is 0 Å². The zero-order valence-electron chi connectivity index (χ0n) is 8.20. The summed E-state index contributed by atoms with van der Waals surface area (Å²) < 4.78 is 8.88. The molecule has 0 saturated heterocycles. The highest BCUT2D eigenvalue weighted by Gasteiger charge is 2.07. The number of carbonyl (C=O) groups is 2. The van der Waals surface area contributed by atoms with Crippen LogP contribution >= 0.6 is 11.3 Å². The third-order valence-electron chi connectivity index (χ3n) is 1.47. The molecule has 0 radical (unpaired) electrons. The minimum atomic E-state index is -0.608. The molecule has 0 aliphatic rings. The van der Waals surface area contributed by atoms with Crippen LogP contribution in [0.4, 0.5) is 0 Å². The quantitative estimate of drug-likeness (QED) is 0.528. The Bertz CT molecular complexity index is 436. The van der Waals surface area contributed by atoms with Gasteiger partial charge in [0, 0.05) is 5.92 Å². The molecule has 0 atom stereocenters. The number of hydrogen-bond donors (Lipinski definition) is 0. The van der Waals surface area contributed by atoms with Crippen molar-refractivity contribution < 1.29 is 19.1 Å². The summed E-state index contributed by atoms with van der Waals surface area (Å²) in [5, 5.41) is 0. The largest absolute Gasteiger partial charge is 0.465 e. The Labute approximate surface area is 90.8 Å². The highest BCUT2D eigenvalue weighted by molar-refractivity contribution is 7.14. The van der Waals surface area contributed by atoms with Crippen molar-refractivity contribution in [3.8, 4) is 11.8 Å². The molecule has 5 heteroatoms. The van der Waals surface area contributed by atoms with Crippen LogP contribution in [0.25, 0.3) is 0 Å². The molecule has 1 aromatic rings. The minimum Gasteiger partial charge on any atom is -0.465 e. The van der Waals surface area contributed by atoms with E-state index in [2.05, 4.69) is 21.3 Å². The topological polar surface area (TPSA) is 52.6 Å². The van der Waals surface area contributed by atoms with Gasteiger partial charge in [-0.15, -0.1) is 11.3 Å². The molecule has 4 nitrogen and oxygen atoms in total. The SMILES string of the molecule is COC(=O)C#Cc1ccc(C(=O)OC)s1. The van der Waals surface area contributed by atoms with Crippen molar-refractivity contribution >= 4 is 23.3 Å². The molecule has 0 amide bonds. The fourth-order valence-corrected chi connectivity index (χ4v) is 1.56. The molecule has 1 heterocycles. The van der Waals surface area contributed by atoms with Crippen molar-refractivity contribution in [2.75, 3.05) is 14.2 Å². The number of hydrogen-bond acceptors (Lipinski definition) is 5. The van der Waals surface area contributed by atoms with Gasteiger partial charge in [0.05, 0.1) is 19.1 Å². The smallest absolute Gasteiger partial charge is 0.384 e. The van der Waals surface area contributed by atoms with E-state index in [9.17, 15) is 9.59 Å². The summed E-state index contributed by atoms with van der Waals surface area (Å²) in [6.07, 6.45) is 0. The Hall–Kier alpha value is -1.80. The lowest BCUT2D eigenvalue weighted by molar-refractivity contribution is -0.133. The van der Waals surface area contributed by atoms with Crippen molar-refractivity contribution in [2.24, 2.45) is 0 Å². The molecule has 78 valence electrons. The highest BCUT2D eigenvalue weighted by atomic mass is 32.1. The second kappa shape index (κ2) is 5.17. The molecule has 0 N–H and O–H groups in total. The van der Waals surface area contributed by atoms with Gasteiger partial charge in [-0.1, -0.05) is 0 Å². The number of thiophene rings is 1. The van der Waals surface area contributed by atoms with Crippen molar-refractivity contribution in [3.05, 3.63) is 21.9 Å². The van der Waals surface area contributed by atoms with Crippen molar-refractivity contribution in [2.45, 2.75) is 0 Å². The predicted molar refractivity (Wildman–Crippen MR) is 54.6 cm³/mol. The van der Waals surface area contributed by atoms with E-state index in [1.54, 1.807) is 12.1 Å². The molecule has 15 heavy (non-hydrogen) atoms. The second-order valence-electron chi connectivity index (χ2n) is 2.40. The van der Waals surface area contributed by atoms with Gasteiger partial charge >= 0.3 is 11.9 Å². The number of methoxy groups -OCH3 is 2. The summed E-state index contributed by atoms with van der Waals surface area (Å²) in [6, 6.07) is 3.24. The Balaban J connectivity index is 2.79. The summed E-state index contributed by atoms with van der Waals surface area (Å²) in [5.41, 5.74) is 0. The Morgan fingerprint density at radius 3 is 2.60 bits per heavy atom.